The summed E-state index contributed by atoms with van der Waals surface area (Å²) in [4.78, 5) is 2.37. The van der Waals surface area contributed by atoms with Crippen molar-refractivity contribution in [2.45, 2.75) is 27.7 Å². The topological polar surface area (TPSA) is 48.9 Å². The molecule has 0 atom stereocenters. The van der Waals surface area contributed by atoms with E-state index in [0.717, 1.165) is 50.7 Å². The van der Waals surface area contributed by atoms with E-state index in [-0.39, 0.29) is 0 Å². The monoisotopic (exact) mass is 348 g/mol. The van der Waals surface area contributed by atoms with Crippen molar-refractivity contribution in [2.24, 2.45) is 5.10 Å². The van der Waals surface area contributed by atoms with Crippen LogP contribution in [0.15, 0.2) is 17.2 Å². The van der Waals surface area contributed by atoms with Gasteiger partial charge in [-0.25, -0.2) is 0 Å². The first-order chi connectivity index (χ1) is 11.5. The summed E-state index contributed by atoms with van der Waals surface area (Å²) in [6.45, 7) is 13.8. The van der Waals surface area contributed by atoms with Crippen LogP contribution in [-0.4, -0.2) is 55.1 Å². The number of hydrogen-bond acceptors (Lipinski definition) is 4. The second-order valence-corrected chi connectivity index (χ2v) is 6.68. The molecular formula is C18H28N4OS. The van der Waals surface area contributed by atoms with Crippen molar-refractivity contribution < 1.29 is 4.74 Å². The highest BCUT2D eigenvalue weighted by atomic mass is 32.1. The highest BCUT2D eigenvalue weighted by Crippen LogP contribution is 2.16. The summed E-state index contributed by atoms with van der Waals surface area (Å²) in [5.74, 6) is 0. The Balaban J connectivity index is 1.81. The number of hydrogen-bond donors (Lipinski definition) is 2. The Morgan fingerprint density at radius 1 is 1.17 bits per heavy atom. The van der Waals surface area contributed by atoms with Gasteiger partial charge in [-0.3, -0.25) is 10.3 Å². The lowest BCUT2D eigenvalue weighted by atomic mass is 9.98. The summed E-state index contributed by atoms with van der Waals surface area (Å²) in [5, 5.41) is 8.18. The summed E-state index contributed by atoms with van der Waals surface area (Å²) in [6, 6.07) is 4.38. The highest BCUT2D eigenvalue weighted by Gasteiger charge is 2.09. The molecule has 2 rings (SSSR count). The Morgan fingerprint density at radius 3 is 2.54 bits per heavy atom. The van der Waals surface area contributed by atoms with Gasteiger partial charge in [-0.1, -0.05) is 6.07 Å². The van der Waals surface area contributed by atoms with Crippen LogP contribution in [0.3, 0.4) is 0 Å². The largest absolute Gasteiger partial charge is 0.379 e. The summed E-state index contributed by atoms with van der Waals surface area (Å²) in [7, 11) is 0. The number of benzene rings is 1. The lowest BCUT2D eigenvalue weighted by Gasteiger charge is -2.26. The maximum Gasteiger partial charge on any atom is 0.187 e. The van der Waals surface area contributed by atoms with Gasteiger partial charge in [0.05, 0.1) is 18.9 Å². The Labute approximate surface area is 150 Å². The van der Waals surface area contributed by atoms with Gasteiger partial charge >= 0.3 is 0 Å². The molecule has 1 saturated heterocycles. The molecule has 0 aliphatic carbocycles. The number of morpholine rings is 1. The third-order valence-corrected chi connectivity index (χ3v) is 4.61. The fourth-order valence-electron chi connectivity index (χ4n) is 2.74. The zero-order valence-electron chi connectivity index (χ0n) is 15.1. The minimum Gasteiger partial charge on any atom is -0.379 e. The van der Waals surface area contributed by atoms with Crippen LogP contribution < -0.4 is 10.7 Å². The van der Waals surface area contributed by atoms with Crippen molar-refractivity contribution >= 4 is 23.0 Å². The number of hydrazone groups is 1. The van der Waals surface area contributed by atoms with Crippen LogP contribution in [0.5, 0.6) is 0 Å². The van der Waals surface area contributed by atoms with Crippen LogP contribution >= 0.6 is 12.2 Å². The molecule has 5 nitrogen and oxygen atoms in total. The fourth-order valence-corrected chi connectivity index (χ4v) is 2.88. The fraction of sp³-hybridized carbons (Fsp3) is 0.556. The molecule has 0 unspecified atom stereocenters. The molecule has 1 heterocycles. The Kier molecular flexibility index (Phi) is 7.15. The maximum absolute atomic E-state index is 5.34. The lowest BCUT2D eigenvalue weighted by Crippen LogP contribution is -2.42. The van der Waals surface area contributed by atoms with Gasteiger partial charge in [-0.15, -0.1) is 0 Å². The van der Waals surface area contributed by atoms with E-state index in [9.17, 15) is 0 Å². The molecule has 1 aromatic carbocycles. The first-order valence-electron chi connectivity index (χ1n) is 8.44. The Hall–Kier alpha value is -1.50. The molecule has 0 bridgehead atoms. The van der Waals surface area contributed by atoms with E-state index < -0.39 is 0 Å². The first-order valence-corrected chi connectivity index (χ1v) is 8.84. The minimum absolute atomic E-state index is 0.559. The number of ether oxygens (including phenoxy) is 1. The quantitative estimate of drug-likeness (QED) is 0.485. The number of nitrogens with one attached hydrogen (secondary N) is 2. The second-order valence-electron chi connectivity index (χ2n) is 6.27. The van der Waals surface area contributed by atoms with Crippen molar-refractivity contribution in [3.05, 3.63) is 34.4 Å². The molecule has 0 amide bonds. The van der Waals surface area contributed by atoms with Gasteiger partial charge in [0.15, 0.2) is 5.11 Å². The zero-order valence-corrected chi connectivity index (χ0v) is 15.9. The molecule has 0 aromatic heterocycles. The summed E-state index contributed by atoms with van der Waals surface area (Å²) < 4.78 is 5.34. The molecular weight excluding hydrogens is 320 g/mol. The van der Waals surface area contributed by atoms with Crippen LogP contribution in [0.25, 0.3) is 0 Å². The van der Waals surface area contributed by atoms with E-state index in [1.165, 1.54) is 16.7 Å². The first kappa shape index (κ1) is 18.8. The van der Waals surface area contributed by atoms with Gasteiger partial charge in [0.2, 0.25) is 0 Å². The molecule has 0 radical (unpaired) electrons. The normalized spacial score (nSPS) is 16.1. The number of nitrogens with zero attached hydrogens (tertiary/aromatic N) is 2. The third-order valence-electron chi connectivity index (χ3n) is 4.37. The Morgan fingerprint density at radius 2 is 1.83 bits per heavy atom. The van der Waals surface area contributed by atoms with E-state index in [0.29, 0.717) is 5.11 Å². The van der Waals surface area contributed by atoms with E-state index in [2.05, 4.69) is 53.6 Å². The van der Waals surface area contributed by atoms with Gasteiger partial charge in [-0.2, -0.15) is 5.10 Å². The average molecular weight is 349 g/mol. The van der Waals surface area contributed by atoms with Crippen LogP contribution in [0.1, 0.15) is 29.2 Å². The molecule has 1 aliphatic heterocycles. The van der Waals surface area contributed by atoms with Crippen molar-refractivity contribution in [3.63, 3.8) is 0 Å². The van der Waals surface area contributed by atoms with Gasteiger partial charge in [0.1, 0.15) is 0 Å². The molecule has 0 spiro atoms. The maximum atomic E-state index is 5.34. The molecule has 0 saturated carbocycles. The van der Waals surface area contributed by atoms with E-state index >= 15 is 0 Å². The van der Waals surface area contributed by atoms with Crippen molar-refractivity contribution in [1.29, 1.82) is 0 Å². The van der Waals surface area contributed by atoms with Crippen molar-refractivity contribution in [3.8, 4) is 0 Å². The van der Waals surface area contributed by atoms with E-state index in [1.807, 2.05) is 6.92 Å². The predicted molar refractivity (Wildman–Crippen MR) is 104 cm³/mol. The van der Waals surface area contributed by atoms with E-state index in [1.54, 1.807) is 0 Å². The van der Waals surface area contributed by atoms with Gasteiger partial charge in [-0.05, 0) is 62.7 Å². The predicted octanol–water partition coefficient (Wildman–Crippen LogP) is 2.13. The van der Waals surface area contributed by atoms with Gasteiger partial charge in [0.25, 0.3) is 0 Å². The average Bonchev–Trinajstić information content (AvgIpc) is 2.57. The standard InChI is InChI=1S/C18H28N4OS/c1-13-11-15(3)17(12-14(13)2)16(4)20-21-18(24)19-5-6-22-7-9-23-10-8-22/h11-12H,5-10H2,1-4H3,(H2,19,21,24)/b20-16-. The zero-order chi connectivity index (χ0) is 17.5. The van der Waals surface area contributed by atoms with Crippen molar-refractivity contribution in [2.75, 3.05) is 39.4 Å². The SMILES string of the molecule is C/C(=N/NC(=S)NCCN1CCOCC1)c1cc(C)c(C)cc1C. The number of thiocarbonyl (C=S) groups is 1. The molecule has 132 valence electrons. The molecule has 1 aliphatic rings. The molecule has 2 N–H and O–H groups in total. The minimum atomic E-state index is 0.559. The molecule has 1 fully saturated rings. The second kappa shape index (κ2) is 9.11. The van der Waals surface area contributed by atoms with Crippen LogP contribution in [0.2, 0.25) is 0 Å². The number of aryl methyl sites for hydroxylation is 3. The smallest absolute Gasteiger partial charge is 0.187 e. The molecule has 24 heavy (non-hydrogen) atoms. The highest BCUT2D eigenvalue weighted by molar-refractivity contribution is 7.80. The Bertz CT molecular complexity index is 609. The lowest BCUT2D eigenvalue weighted by molar-refractivity contribution is 0.0389. The summed E-state index contributed by atoms with van der Waals surface area (Å²) >= 11 is 5.30. The number of rotatable bonds is 5. The van der Waals surface area contributed by atoms with Crippen LogP contribution in [0.4, 0.5) is 0 Å². The summed E-state index contributed by atoms with van der Waals surface area (Å²) in [5.41, 5.74) is 8.84. The third kappa shape index (κ3) is 5.54. The van der Waals surface area contributed by atoms with E-state index in [4.69, 9.17) is 17.0 Å². The van der Waals surface area contributed by atoms with Gasteiger partial charge in [0, 0.05) is 31.7 Å². The van der Waals surface area contributed by atoms with Crippen LogP contribution in [-0.2, 0) is 4.74 Å². The van der Waals surface area contributed by atoms with Crippen molar-refractivity contribution in [1.82, 2.24) is 15.6 Å². The summed E-state index contributed by atoms with van der Waals surface area (Å²) in [6.07, 6.45) is 0. The molecule has 1 aromatic rings. The molecule has 6 heteroatoms. The van der Waals surface area contributed by atoms with Gasteiger partial charge < -0.3 is 10.1 Å². The van der Waals surface area contributed by atoms with Crippen LogP contribution in [0, 0.1) is 20.8 Å².